The van der Waals surface area contributed by atoms with E-state index in [9.17, 15) is 18.8 Å². The molecule has 37 heavy (non-hydrogen) atoms. The SMILES string of the molecule is CC(c1cc(F)c[nH]c1=O)n1cc(NC(=O)C(NC(=O)c2ccnn2C(C)C)C(C2CC2)C2CC2)nn1. The summed E-state index contributed by atoms with van der Waals surface area (Å²) < 4.78 is 16.7. The summed E-state index contributed by atoms with van der Waals surface area (Å²) in [5.74, 6) is -0.265. The molecule has 12 heteroatoms. The van der Waals surface area contributed by atoms with Crippen molar-refractivity contribution in [3.05, 3.63) is 58.2 Å². The highest BCUT2D eigenvalue weighted by molar-refractivity contribution is 6.00. The van der Waals surface area contributed by atoms with Crippen molar-refractivity contribution in [2.24, 2.45) is 17.8 Å². The van der Waals surface area contributed by atoms with Crippen LogP contribution >= 0.6 is 0 Å². The summed E-state index contributed by atoms with van der Waals surface area (Å²) in [6.45, 7) is 5.56. The Kier molecular flexibility index (Phi) is 6.65. The molecule has 0 saturated heterocycles. The predicted octanol–water partition coefficient (Wildman–Crippen LogP) is 2.67. The first-order valence-electron chi connectivity index (χ1n) is 12.7. The lowest BCUT2D eigenvalue weighted by atomic mass is 9.88. The zero-order valence-electron chi connectivity index (χ0n) is 21.0. The van der Waals surface area contributed by atoms with E-state index in [1.807, 2.05) is 13.8 Å². The van der Waals surface area contributed by atoms with Crippen LogP contribution < -0.4 is 16.2 Å². The average molecular weight is 511 g/mol. The maximum absolute atomic E-state index is 13.7. The van der Waals surface area contributed by atoms with Crippen molar-refractivity contribution < 1.29 is 14.0 Å². The average Bonchev–Trinajstić information content (AvgIpc) is 3.78. The lowest BCUT2D eigenvalue weighted by molar-refractivity contribution is -0.119. The lowest BCUT2D eigenvalue weighted by Crippen LogP contribution is -2.50. The topological polar surface area (TPSA) is 140 Å². The monoisotopic (exact) mass is 510 g/mol. The molecule has 11 nitrogen and oxygen atoms in total. The molecule has 5 rings (SSSR count). The molecule has 0 radical (unpaired) electrons. The molecule has 0 bridgehead atoms. The van der Waals surface area contributed by atoms with Gasteiger partial charge in [0.15, 0.2) is 5.82 Å². The van der Waals surface area contributed by atoms with Gasteiger partial charge in [0, 0.05) is 24.0 Å². The number of halogens is 1. The third-order valence-corrected chi connectivity index (χ3v) is 7.18. The first-order chi connectivity index (χ1) is 17.7. The maximum atomic E-state index is 13.7. The summed E-state index contributed by atoms with van der Waals surface area (Å²) in [7, 11) is 0. The molecule has 3 aromatic heterocycles. The molecule has 2 fully saturated rings. The smallest absolute Gasteiger partial charge is 0.270 e. The number of nitrogens with zero attached hydrogens (tertiary/aromatic N) is 5. The number of amides is 2. The number of nitrogens with one attached hydrogen (secondary N) is 3. The number of anilines is 1. The van der Waals surface area contributed by atoms with Crippen molar-refractivity contribution in [3.8, 4) is 0 Å². The van der Waals surface area contributed by atoms with E-state index < -0.39 is 23.5 Å². The first kappa shape index (κ1) is 24.8. The highest BCUT2D eigenvalue weighted by atomic mass is 19.1. The molecule has 2 amide bonds. The molecular weight excluding hydrogens is 479 g/mol. The number of aromatic nitrogens is 6. The van der Waals surface area contributed by atoms with Crippen molar-refractivity contribution in [2.45, 2.75) is 64.6 Å². The normalized spacial score (nSPS) is 17.1. The molecule has 3 aromatic rings. The van der Waals surface area contributed by atoms with Crippen LogP contribution in [0.2, 0.25) is 0 Å². The predicted molar refractivity (Wildman–Crippen MR) is 132 cm³/mol. The quantitative estimate of drug-likeness (QED) is 0.383. The third-order valence-electron chi connectivity index (χ3n) is 7.18. The zero-order valence-corrected chi connectivity index (χ0v) is 21.0. The van der Waals surface area contributed by atoms with Crippen LogP contribution in [-0.4, -0.2) is 47.6 Å². The van der Waals surface area contributed by atoms with Gasteiger partial charge in [0.25, 0.3) is 11.5 Å². The molecule has 0 aromatic carbocycles. The summed E-state index contributed by atoms with van der Waals surface area (Å²) in [5, 5.41) is 18.1. The van der Waals surface area contributed by atoms with E-state index in [2.05, 4.69) is 31.0 Å². The third kappa shape index (κ3) is 5.32. The summed E-state index contributed by atoms with van der Waals surface area (Å²) >= 11 is 0. The van der Waals surface area contributed by atoms with E-state index in [0.717, 1.165) is 37.9 Å². The Morgan fingerprint density at radius 2 is 1.86 bits per heavy atom. The minimum absolute atomic E-state index is 0.00644. The van der Waals surface area contributed by atoms with E-state index in [1.54, 1.807) is 23.9 Å². The summed E-state index contributed by atoms with van der Waals surface area (Å²) in [6, 6.07) is 1.43. The van der Waals surface area contributed by atoms with Gasteiger partial charge in [0.2, 0.25) is 5.91 Å². The molecule has 2 aliphatic rings. The van der Waals surface area contributed by atoms with Crippen LogP contribution in [0.1, 0.15) is 74.6 Å². The lowest BCUT2D eigenvalue weighted by Gasteiger charge is -2.27. The molecule has 0 aliphatic heterocycles. The van der Waals surface area contributed by atoms with Crippen molar-refractivity contribution in [1.82, 2.24) is 35.1 Å². The van der Waals surface area contributed by atoms with E-state index in [-0.39, 0.29) is 35.2 Å². The standard InChI is InChI=1S/C25H31FN8O3/c1-13(2)34-19(8-9-28-34)24(36)30-22(21(15-4-5-15)16-6-7-16)25(37)29-20-12-33(32-31-20)14(3)18-10-17(26)11-27-23(18)35/h8-16,21-22H,4-7H2,1-3H3,(H,27,35)(H,29,37)(H,30,36). The van der Waals surface area contributed by atoms with Crippen molar-refractivity contribution in [1.29, 1.82) is 0 Å². The van der Waals surface area contributed by atoms with Gasteiger partial charge < -0.3 is 15.6 Å². The summed E-state index contributed by atoms with van der Waals surface area (Å²) in [6.07, 6.45) is 8.22. The summed E-state index contributed by atoms with van der Waals surface area (Å²) in [5.41, 5.74) is 0.144. The minimum atomic E-state index is -0.739. The number of hydrogen-bond acceptors (Lipinski definition) is 6. The molecule has 2 aliphatic carbocycles. The Morgan fingerprint density at radius 3 is 2.51 bits per heavy atom. The van der Waals surface area contributed by atoms with Crippen molar-refractivity contribution in [2.75, 3.05) is 5.32 Å². The number of hydrogen-bond donors (Lipinski definition) is 3. The van der Waals surface area contributed by atoms with Crippen molar-refractivity contribution in [3.63, 3.8) is 0 Å². The van der Waals surface area contributed by atoms with Crippen molar-refractivity contribution >= 4 is 17.6 Å². The van der Waals surface area contributed by atoms with E-state index >= 15 is 0 Å². The fourth-order valence-corrected chi connectivity index (χ4v) is 5.00. The Hall–Kier alpha value is -3.83. The molecular formula is C25H31FN8O3. The molecule has 196 valence electrons. The Balaban J connectivity index is 1.36. The first-order valence-corrected chi connectivity index (χ1v) is 12.7. The van der Waals surface area contributed by atoms with Gasteiger partial charge in [-0.2, -0.15) is 5.10 Å². The highest BCUT2D eigenvalue weighted by Gasteiger charge is 2.48. The highest BCUT2D eigenvalue weighted by Crippen LogP contribution is 2.50. The summed E-state index contributed by atoms with van der Waals surface area (Å²) in [4.78, 5) is 41.3. The number of carbonyl (C=O) groups excluding carboxylic acids is 2. The van der Waals surface area contributed by atoms with Gasteiger partial charge in [-0.3, -0.25) is 19.1 Å². The second-order valence-electron chi connectivity index (χ2n) is 10.3. The number of H-pyrrole nitrogens is 1. The number of pyridine rings is 1. The number of carbonyl (C=O) groups is 2. The Labute approximate surface area is 212 Å². The van der Waals surface area contributed by atoms with Crippen LogP contribution in [0.25, 0.3) is 0 Å². The van der Waals surface area contributed by atoms with Gasteiger partial charge in [0.05, 0.1) is 12.2 Å². The van der Waals surface area contributed by atoms with E-state index in [0.29, 0.717) is 17.5 Å². The molecule has 3 N–H and O–H groups in total. The van der Waals surface area contributed by atoms with Gasteiger partial charge >= 0.3 is 0 Å². The largest absolute Gasteiger partial charge is 0.339 e. The van der Waals surface area contributed by atoms with E-state index in [1.165, 1.54) is 10.9 Å². The second kappa shape index (κ2) is 9.91. The molecule has 3 heterocycles. The van der Waals surface area contributed by atoms with Gasteiger partial charge in [-0.25, -0.2) is 9.07 Å². The van der Waals surface area contributed by atoms with E-state index in [4.69, 9.17) is 0 Å². The van der Waals surface area contributed by atoms with Crippen LogP contribution in [0.4, 0.5) is 10.2 Å². The van der Waals surface area contributed by atoms with Crippen LogP contribution in [-0.2, 0) is 4.79 Å². The van der Waals surface area contributed by atoms with Crippen LogP contribution in [0, 0.1) is 23.6 Å². The number of rotatable bonds is 10. The van der Waals surface area contributed by atoms with Crippen LogP contribution in [0.3, 0.4) is 0 Å². The minimum Gasteiger partial charge on any atom is -0.339 e. The van der Waals surface area contributed by atoms with Crippen LogP contribution in [0.5, 0.6) is 0 Å². The second-order valence-corrected chi connectivity index (χ2v) is 10.3. The molecule has 0 spiro atoms. The zero-order chi connectivity index (χ0) is 26.3. The fourth-order valence-electron chi connectivity index (χ4n) is 5.00. The molecule has 2 atom stereocenters. The van der Waals surface area contributed by atoms with Gasteiger partial charge in [-0.1, -0.05) is 5.21 Å². The molecule has 2 unspecified atom stereocenters. The van der Waals surface area contributed by atoms with Gasteiger partial charge in [-0.15, -0.1) is 5.10 Å². The van der Waals surface area contributed by atoms with Gasteiger partial charge in [0.1, 0.15) is 17.6 Å². The fraction of sp³-hybridized carbons (Fsp3) is 0.520. The molecule has 2 saturated carbocycles. The van der Waals surface area contributed by atoms with Crippen LogP contribution in [0.15, 0.2) is 35.5 Å². The number of aromatic amines is 1. The Bertz CT molecular complexity index is 1340. The van der Waals surface area contributed by atoms with Gasteiger partial charge in [-0.05, 0) is 76.3 Å². The maximum Gasteiger partial charge on any atom is 0.270 e. The Morgan fingerprint density at radius 1 is 1.16 bits per heavy atom.